The van der Waals surface area contributed by atoms with Crippen molar-refractivity contribution in [3.05, 3.63) is 23.2 Å². The summed E-state index contributed by atoms with van der Waals surface area (Å²) >= 11 is 0. The van der Waals surface area contributed by atoms with E-state index < -0.39 is 0 Å². The van der Waals surface area contributed by atoms with Crippen LogP contribution in [-0.2, 0) is 17.9 Å². The van der Waals surface area contributed by atoms with Crippen LogP contribution in [-0.4, -0.2) is 12.6 Å². The van der Waals surface area contributed by atoms with Crippen molar-refractivity contribution >= 4 is 0 Å². The smallest absolute Gasteiger partial charge is 0.118 e. The van der Waals surface area contributed by atoms with Crippen molar-refractivity contribution in [3.63, 3.8) is 0 Å². The van der Waals surface area contributed by atoms with Gasteiger partial charge in [-0.25, -0.2) is 0 Å². The molecule has 2 unspecified atom stereocenters. The summed E-state index contributed by atoms with van der Waals surface area (Å²) in [5.41, 5.74) is 1.60. The van der Waals surface area contributed by atoms with Crippen LogP contribution in [0.4, 0.5) is 0 Å². The molecule has 1 N–H and O–H groups in total. The lowest BCUT2D eigenvalue weighted by Gasteiger charge is -2.38. The van der Waals surface area contributed by atoms with Crippen LogP contribution < -0.4 is 5.32 Å². The summed E-state index contributed by atoms with van der Waals surface area (Å²) in [5, 5.41) is 3.29. The Kier molecular flexibility index (Phi) is 5.50. The highest BCUT2D eigenvalue weighted by atomic mass is 16.5. The van der Waals surface area contributed by atoms with Crippen molar-refractivity contribution in [2.24, 2.45) is 11.3 Å². The topological polar surface area (TPSA) is 34.4 Å². The summed E-state index contributed by atoms with van der Waals surface area (Å²) in [6.07, 6.45) is 4.04. The molecule has 0 radical (unpaired) electrons. The Hall–Kier alpha value is -0.800. The lowest BCUT2D eigenvalue weighted by atomic mass is 9.71. The molecule has 1 aliphatic carbocycles. The summed E-state index contributed by atoms with van der Waals surface area (Å²) in [6, 6.07) is 2.13. The van der Waals surface area contributed by atoms with E-state index in [2.05, 4.69) is 39.1 Å². The van der Waals surface area contributed by atoms with Gasteiger partial charge in [0.25, 0.3) is 0 Å². The number of rotatable bonds is 6. The maximum atomic E-state index is 6.19. The fourth-order valence-corrected chi connectivity index (χ4v) is 3.66. The minimum atomic E-state index is 0.385. The predicted molar refractivity (Wildman–Crippen MR) is 86.2 cm³/mol. The molecule has 2 rings (SSSR count). The van der Waals surface area contributed by atoms with Crippen LogP contribution in [0.3, 0.4) is 0 Å². The molecule has 1 aromatic rings. The summed E-state index contributed by atoms with van der Waals surface area (Å²) in [4.78, 5) is 0. The molecule has 3 heteroatoms. The van der Waals surface area contributed by atoms with E-state index in [-0.39, 0.29) is 0 Å². The molecule has 0 bridgehead atoms. The lowest BCUT2D eigenvalue weighted by Crippen LogP contribution is -2.32. The molecule has 0 spiro atoms. The van der Waals surface area contributed by atoms with E-state index in [4.69, 9.17) is 9.15 Å². The molecule has 2 atom stereocenters. The van der Waals surface area contributed by atoms with Gasteiger partial charge in [0, 0.05) is 5.56 Å². The maximum Gasteiger partial charge on any atom is 0.118 e. The van der Waals surface area contributed by atoms with Crippen LogP contribution in [0, 0.1) is 18.3 Å². The van der Waals surface area contributed by atoms with Gasteiger partial charge in [0.1, 0.15) is 11.5 Å². The molecule has 0 aliphatic heterocycles. The highest BCUT2D eigenvalue weighted by Crippen LogP contribution is 2.40. The van der Waals surface area contributed by atoms with Crippen LogP contribution in [0.5, 0.6) is 0 Å². The van der Waals surface area contributed by atoms with Crippen LogP contribution in [0.25, 0.3) is 0 Å². The van der Waals surface area contributed by atoms with Crippen molar-refractivity contribution in [3.8, 4) is 0 Å². The largest absolute Gasteiger partial charge is 0.465 e. The molecule has 1 aromatic heterocycles. The van der Waals surface area contributed by atoms with Gasteiger partial charge in [-0.15, -0.1) is 0 Å². The highest BCUT2D eigenvalue weighted by molar-refractivity contribution is 5.20. The Morgan fingerprint density at radius 1 is 1.38 bits per heavy atom. The molecule has 1 fully saturated rings. The fraction of sp³-hybridized carbons (Fsp3) is 0.778. The molecular formula is C18H31NO2. The summed E-state index contributed by atoms with van der Waals surface area (Å²) in [6.45, 7) is 13.6. The Morgan fingerprint density at radius 2 is 2.14 bits per heavy atom. The van der Waals surface area contributed by atoms with E-state index in [1.54, 1.807) is 0 Å². The molecule has 0 saturated heterocycles. The van der Waals surface area contributed by atoms with Gasteiger partial charge >= 0.3 is 0 Å². The minimum absolute atomic E-state index is 0.385. The fourth-order valence-electron chi connectivity index (χ4n) is 3.66. The third kappa shape index (κ3) is 4.86. The van der Waals surface area contributed by atoms with Crippen molar-refractivity contribution in [2.75, 3.05) is 6.54 Å². The first-order chi connectivity index (χ1) is 9.89. The summed E-state index contributed by atoms with van der Waals surface area (Å²) < 4.78 is 12.0. The maximum absolute atomic E-state index is 6.19. The number of hydrogen-bond donors (Lipinski definition) is 1. The average Bonchev–Trinajstić information content (AvgIpc) is 2.72. The van der Waals surface area contributed by atoms with E-state index in [0.717, 1.165) is 30.5 Å². The van der Waals surface area contributed by atoms with Gasteiger partial charge < -0.3 is 14.5 Å². The monoisotopic (exact) mass is 293 g/mol. The zero-order valence-corrected chi connectivity index (χ0v) is 14.3. The number of aryl methyl sites for hydroxylation is 1. The van der Waals surface area contributed by atoms with Gasteiger partial charge in [-0.3, -0.25) is 0 Å². The Bertz CT molecular complexity index is 450. The lowest BCUT2D eigenvalue weighted by molar-refractivity contribution is -0.0319. The van der Waals surface area contributed by atoms with Gasteiger partial charge in [0.15, 0.2) is 0 Å². The van der Waals surface area contributed by atoms with E-state index >= 15 is 0 Å². The van der Waals surface area contributed by atoms with Crippen LogP contribution in [0.1, 0.15) is 64.0 Å². The predicted octanol–water partition coefficient (Wildman–Crippen LogP) is 4.43. The van der Waals surface area contributed by atoms with Crippen molar-refractivity contribution in [1.29, 1.82) is 0 Å². The number of ether oxygens (including phenoxy) is 1. The van der Waals surface area contributed by atoms with Gasteiger partial charge in [-0.2, -0.15) is 0 Å². The van der Waals surface area contributed by atoms with Crippen molar-refractivity contribution < 1.29 is 9.15 Å². The first-order valence-corrected chi connectivity index (χ1v) is 8.30. The van der Waals surface area contributed by atoms with Gasteiger partial charge in [0.2, 0.25) is 0 Å². The molecular weight excluding hydrogens is 262 g/mol. The molecule has 120 valence electrons. The molecule has 1 aliphatic rings. The third-order valence-corrected chi connectivity index (χ3v) is 4.44. The number of furan rings is 1. The van der Waals surface area contributed by atoms with Crippen molar-refractivity contribution in [1.82, 2.24) is 5.32 Å². The first kappa shape index (κ1) is 16.6. The highest BCUT2D eigenvalue weighted by Gasteiger charge is 2.32. The van der Waals surface area contributed by atoms with Crippen LogP contribution in [0.2, 0.25) is 0 Å². The van der Waals surface area contributed by atoms with Crippen molar-refractivity contribution in [2.45, 2.75) is 73.1 Å². The molecule has 1 heterocycles. The Balaban J connectivity index is 1.89. The summed E-state index contributed by atoms with van der Waals surface area (Å²) in [7, 11) is 0. The second-order valence-corrected chi connectivity index (χ2v) is 7.42. The van der Waals surface area contributed by atoms with Crippen LogP contribution in [0.15, 0.2) is 10.5 Å². The number of hydrogen-bond acceptors (Lipinski definition) is 3. The van der Waals surface area contributed by atoms with Gasteiger partial charge in [-0.05, 0) is 50.1 Å². The van der Waals surface area contributed by atoms with Crippen LogP contribution >= 0.6 is 0 Å². The molecule has 3 nitrogen and oxygen atoms in total. The van der Waals surface area contributed by atoms with E-state index in [9.17, 15) is 0 Å². The second-order valence-electron chi connectivity index (χ2n) is 7.42. The summed E-state index contributed by atoms with van der Waals surface area (Å²) in [5.74, 6) is 2.75. The van der Waals surface area contributed by atoms with E-state index in [1.165, 1.54) is 24.8 Å². The normalized spacial score (nSPS) is 25.2. The molecule has 21 heavy (non-hydrogen) atoms. The van der Waals surface area contributed by atoms with Gasteiger partial charge in [0.05, 0.1) is 19.3 Å². The van der Waals surface area contributed by atoms with E-state index in [1.807, 2.05) is 6.92 Å². The molecule has 0 amide bonds. The number of nitrogens with one attached hydrogen (secondary N) is 1. The molecule has 0 aromatic carbocycles. The van der Waals surface area contributed by atoms with E-state index in [0.29, 0.717) is 18.1 Å². The average molecular weight is 293 g/mol. The van der Waals surface area contributed by atoms with Gasteiger partial charge in [-0.1, -0.05) is 27.7 Å². The molecule has 1 saturated carbocycles. The standard InChI is InChI=1S/C18H31NO2/c1-6-19-11-17-8-15(14(3)21-17)12-20-16-7-13(2)9-18(4,5)10-16/h8,13,16,19H,6-7,9-12H2,1-5H3. The zero-order valence-electron chi connectivity index (χ0n) is 14.3. The third-order valence-electron chi connectivity index (χ3n) is 4.44. The second kappa shape index (κ2) is 6.97. The Labute approximate surface area is 129 Å². The zero-order chi connectivity index (χ0) is 15.5. The quantitative estimate of drug-likeness (QED) is 0.842. The minimum Gasteiger partial charge on any atom is -0.465 e. The Morgan fingerprint density at radius 3 is 2.81 bits per heavy atom. The SMILES string of the molecule is CCNCc1cc(COC2CC(C)CC(C)(C)C2)c(C)o1. The first-order valence-electron chi connectivity index (χ1n) is 8.30.